The normalized spacial score (nSPS) is 40.6. The van der Waals surface area contributed by atoms with Gasteiger partial charge in [0.05, 0.1) is 0 Å². The van der Waals surface area contributed by atoms with Gasteiger partial charge < -0.3 is 5.32 Å². The molecule has 0 aliphatic heterocycles. The average molecular weight is 181 g/mol. The zero-order valence-electron chi connectivity index (χ0n) is 9.48. The molecule has 2 atom stereocenters. The fraction of sp³-hybridized carbons (Fsp3) is 1.00. The lowest BCUT2D eigenvalue weighted by Crippen LogP contribution is -2.60. The summed E-state index contributed by atoms with van der Waals surface area (Å²) in [6.07, 6.45) is 5.58. The summed E-state index contributed by atoms with van der Waals surface area (Å²) in [5, 5.41) is 3.83. The third-order valence-corrected chi connectivity index (χ3v) is 4.44. The molecule has 76 valence electrons. The third-order valence-electron chi connectivity index (χ3n) is 4.44. The first-order chi connectivity index (χ1) is 5.92. The summed E-state index contributed by atoms with van der Waals surface area (Å²) >= 11 is 0. The fourth-order valence-corrected chi connectivity index (χ4v) is 2.59. The van der Waals surface area contributed by atoms with Crippen LogP contribution in [0.15, 0.2) is 0 Å². The van der Waals surface area contributed by atoms with Crippen molar-refractivity contribution in [3.63, 3.8) is 0 Å². The van der Waals surface area contributed by atoms with Crippen molar-refractivity contribution in [2.45, 2.75) is 65.5 Å². The molecular weight excluding hydrogens is 158 g/mol. The van der Waals surface area contributed by atoms with Crippen LogP contribution in [0.3, 0.4) is 0 Å². The van der Waals surface area contributed by atoms with E-state index >= 15 is 0 Å². The van der Waals surface area contributed by atoms with E-state index in [9.17, 15) is 0 Å². The molecule has 2 unspecified atom stereocenters. The van der Waals surface area contributed by atoms with E-state index in [1.165, 1.54) is 25.7 Å². The first-order valence-corrected chi connectivity index (χ1v) is 5.68. The highest BCUT2D eigenvalue weighted by Crippen LogP contribution is 2.45. The van der Waals surface area contributed by atoms with Crippen LogP contribution in [-0.4, -0.2) is 12.1 Å². The van der Waals surface area contributed by atoms with Gasteiger partial charge in [-0.05, 0) is 36.5 Å². The standard InChI is InChI=1S/C12H23N/c1-11(2)7-5-9(11)13-10-6-8-12(10,3)4/h9-10,13H,5-8H2,1-4H3. The van der Waals surface area contributed by atoms with Gasteiger partial charge in [0.1, 0.15) is 0 Å². The van der Waals surface area contributed by atoms with Crippen molar-refractivity contribution in [2.75, 3.05) is 0 Å². The number of rotatable bonds is 2. The lowest BCUT2D eigenvalue weighted by atomic mass is 9.63. The highest BCUT2D eigenvalue weighted by atomic mass is 15.0. The highest BCUT2D eigenvalue weighted by Gasteiger charge is 2.45. The molecule has 0 amide bonds. The summed E-state index contributed by atoms with van der Waals surface area (Å²) in [5.74, 6) is 0. The van der Waals surface area contributed by atoms with E-state index in [4.69, 9.17) is 0 Å². The van der Waals surface area contributed by atoms with Crippen LogP contribution in [0.5, 0.6) is 0 Å². The van der Waals surface area contributed by atoms with Crippen molar-refractivity contribution in [3.8, 4) is 0 Å². The molecule has 2 fully saturated rings. The Bertz CT molecular complexity index is 183. The molecule has 0 bridgehead atoms. The van der Waals surface area contributed by atoms with E-state index in [-0.39, 0.29) is 0 Å². The van der Waals surface area contributed by atoms with Gasteiger partial charge >= 0.3 is 0 Å². The molecule has 0 aromatic carbocycles. The second kappa shape index (κ2) is 2.73. The van der Waals surface area contributed by atoms with Gasteiger partial charge in [0.25, 0.3) is 0 Å². The molecule has 2 aliphatic rings. The van der Waals surface area contributed by atoms with Crippen LogP contribution in [0, 0.1) is 10.8 Å². The van der Waals surface area contributed by atoms with E-state index in [1.807, 2.05) is 0 Å². The van der Waals surface area contributed by atoms with E-state index in [0.29, 0.717) is 10.8 Å². The predicted molar refractivity (Wildman–Crippen MR) is 56.7 cm³/mol. The Hall–Kier alpha value is -0.0400. The Morgan fingerprint density at radius 2 is 1.23 bits per heavy atom. The van der Waals surface area contributed by atoms with Gasteiger partial charge in [-0.25, -0.2) is 0 Å². The third kappa shape index (κ3) is 1.52. The minimum absolute atomic E-state index is 0.561. The quantitative estimate of drug-likeness (QED) is 0.690. The maximum Gasteiger partial charge on any atom is 0.0121 e. The summed E-state index contributed by atoms with van der Waals surface area (Å²) in [7, 11) is 0. The molecule has 0 aromatic rings. The van der Waals surface area contributed by atoms with Crippen molar-refractivity contribution >= 4 is 0 Å². The Balaban J connectivity index is 1.86. The SMILES string of the molecule is CC1(C)CCC1NC1CCC1(C)C. The molecule has 0 aromatic heterocycles. The second-order valence-electron chi connectivity index (χ2n) is 6.33. The van der Waals surface area contributed by atoms with Crippen molar-refractivity contribution in [2.24, 2.45) is 10.8 Å². The molecule has 1 N–H and O–H groups in total. The lowest BCUT2D eigenvalue weighted by molar-refractivity contribution is 0.0310. The van der Waals surface area contributed by atoms with Crippen molar-refractivity contribution < 1.29 is 0 Å². The minimum atomic E-state index is 0.561. The van der Waals surface area contributed by atoms with Crippen LogP contribution in [0.2, 0.25) is 0 Å². The Kier molecular flexibility index (Phi) is 1.99. The summed E-state index contributed by atoms with van der Waals surface area (Å²) < 4.78 is 0. The molecule has 1 heteroatoms. The zero-order valence-corrected chi connectivity index (χ0v) is 9.48. The maximum absolute atomic E-state index is 3.83. The van der Waals surface area contributed by atoms with E-state index < -0.39 is 0 Å². The molecule has 13 heavy (non-hydrogen) atoms. The summed E-state index contributed by atoms with van der Waals surface area (Å²) in [4.78, 5) is 0. The van der Waals surface area contributed by atoms with Gasteiger partial charge in [-0.2, -0.15) is 0 Å². The Labute approximate surface area is 82.3 Å². The largest absolute Gasteiger partial charge is 0.310 e. The number of hydrogen-bond donors (Lipinski definition) is 1. The van der Waals surface area contributed by atoms with Crippen LogP contribution in [0.1, 0.15) is 53.4 Å². The van der Waals surface area contributed by atoms with Crippen molar-refractivity contribution in [3.05, 3.63) is 0 Å². The van der Waals surface area contributed by atoms with Gasteiger partial charge in [-0.15, -0.1) is 0 Å². The fourth-order valence-electron chi connectivity index (χ4n) is 2.59. The minimum Gasteiger partial charge on any atom is -0.310 e. The topological polar surface area (TPSA) is 12.0 Å². The van der Waals surface area contributed by atoms with Gasteiger partial charge in [-0.3, -0.25) is 0 Å². The van der Waals surface area contributed by atoms with Crippen molar-refractivity contribution in [1.82, 2.24) is 5.32 Å². The molecule has 0 saturated heterocycles. The molecule has 2 saturated carbocycles. The predicted octanol–water partition coefficient (Wildman–Crippen LogP) is 2.95. The zero-order chi connectivity index (χ0) is 9.69. The molecule has 0 spiro atoms. The highest BCUT2D eigenvalue weighted by molar-refractivity contribution is 5.01. The van der Waals surface area contributed by atoms with Crippen LogP contribution in [0.25, 0.3) is 0 Å². The molecular formula is C12H23N. The van der Waals surface area contributed by atoms with E-state index in [0.717, 1.165) is 12.1 Å². The van der Waals surface area contributed by atoms with E-state index in [1.54, 1.807) is 0 Å². The molecule has 2 aliphatic carbocycles. The smallest absolute Gasteiger partial charge is 0.0121 e. The molecule has 1 nitrogen and oxygen atoms in total. The van der Waals surface area contributed by atoms with Crippen LogP contribution in [0.4, 0.5) is 0 Å². The number of nitrogens with one attached hydrogen (secondary N) is 1. The average Bonchev–Trinajstić information content (AvgIpc) is 2.01. The van der Waals surface area contributed by atoms with E-state index in [2.05, 4.69) is 33.0 Å². The second-order valence-corrected chi connectivity index (χ2v) is 6.33. The summed E-state index contributed by atoms with van der Waals surface area (Å²) in [5.41, 5.74) is 1.12. The monoisotopic (exact) mass is 181 g/mol. The van der Waals surface area contributed by atoms with Crippen LogP contribution < -0.4 is 5.32 Å². The van der Waals surface area contributed by atoms with Gasteiger partial charge in [0, 0.05) is 12.1 Å². The van der Waals surface area contributed by atoms with Gasteiger partial charge in [-0.1, -0.05) is 27.7 Å². The van der Waals surface area contributed by atoms with Crippen LogP contribution >= 0.6 is 0 Å². The summed E-state index contributed by atoms with van der Waals surface area (Å²) in [6, 6.07) is 1.58. The molecule has 0 heterocycles. The lowest BCUT2D eigenvalue weighted by Gasteiger charge is -2.53. The van der Waals surface area contributed by atoms with Crippen molar-refractivity contribution in [1.29, 1.82) is 0 Å². The van der Waals surface area contributed by atoms with Crippen LogP contribution in [-0.2, 0) is 0 Å². The number of hydrogen-bond acceptors (Lipinski definition) is 1. The summed E-state index contributed by atoms with van der Waals surface area (Å²) in [6.45, 7) is 9.55. The Morgan fingerprint density at radius 3 is 1.38 bits per heavy atom. The van der Waals surface area contributed by atoms with Gasteiger partial charge in [0.2, 0.25) is 0 Å². The van der Waals surface area contributed by atoms with Gasteiger partial charge in [0.15, 0.2) is 0 Å². The first-order valence-electron chi connectivity index (χ1n) is 5.68. The molecule has 2 rings (SSSR count). The first kappa shape index (κ1) is 9.51. The molecule has 0 radical (unpaired) electrons. The Morgan fingerprint density at radius 1 is 0.846 bits per heavy atom. The maximum atomic E-state index is 3.83.